The molecule has 3 N–H and O–H groups in total. The van der Waals surface area contributed by atoms with Gasteiger partial charge in [-0.2, -0.15) is 0 Å². The molecular formula is C8H18N2S. The normalized spacial score (nSPS) is 9.64. The predicted octanol–water partition coefficient (Wildman–Crippen LogP) is 2.14. The molecule has 0 fully saturated rings. The number of rotatable bonds is 6. The fraction of sp³-hybridized carbons (Fsp3) is 0.875. The lowest BCUT2D eigenvalue weighted by Crippen LogP contribution is -2.28. The van der Waals surface area contributed by atoms with Gasteiger partial charge in [0, 0.05) is 0 Å². The fourth-order valence-corrected chi connectivity index (χ4v) is 1.11. The van der Waals surface area contributed by atoms with Gasteiger partial charge < -0.3 is 5.43 Å². The van der Waals surface area contributed by atoms with Crippen molar-refractivity contribution in [1.29, 1.82) is 0 Å². The van der Waals surface area contributed by atoms with Gasteiger partial charge in [-0.25, -0.2) is 0 Å². The first kappa shape index (κ1) is 10.8. The van der Waals surface area contributed by atoms with Crippen LogP contribution in [0.2, 0.25) is 0 Å². The summed E-state index contributed by atoms with van der Waals surface area (Å²) in [6.07, 6.45) is 7.33. The zero-order valence-electron chi connectivity index (χ0n) is 7.23. The van der Waals surface area contributed by atoms with E-state index >= 15 is 0 Å². The van der Waals surface area contributed by atoms with E-state index in [1.54, 1.807) is 0 Å². The lowest BCUT2D eigenvalue weighted by molar-refractivity contribution is 0.641. The van der Waals surface area contributed by atoms with E-state index in [9.17, 15) is 0 Å². The highest BCUT2D eigenvalue weighted by atomic mass is 32.1. The second kappa shape index (κ2) is 7.95. The number of hydrogen-bond acceptors (Lipinski definition) is 2. The monoisotopic (exact) mass is 174 g/mol. The van der Waals surface area contributed by atoms with Gasteiger partial charge in [0.25, 0.3) is 0 Å². The highest BCUT2D eigenvalue weighted by molar-refractivity contribution is 7.80. The summed E-state index contributed by atoms with van der Waals surface area (Å²) in [7, 11) is 0. The molecule has 0 heterocycles. The Labute approximate surface area is 74.5 Å². The molecule has 0 aliphatic rings. The molecule has 0 aromatic rings. The standard InChI is InChI=1S/C8H18N2S/c1-2-3-4-5-6-7-8(11)10-9/h2-7,9H2,1H3,(H,10,11). The van der Waals surface area contributed by atoms with E-state index in [4.69, 9.17) is 18.1 Å². The Balaban J connectivity index is 2.95. The number of hydrazine groups is 1. The van der Waals surface area contributed by atoms with Crippen LogP contribution in [0.1, 0.15) is 45.4 Å². The van der Waals surface area contributed by atoms with Crippen LogP contribution in [0.25, 0.3) is 0 Å². The van der Waals surface area contributed by atoms with Crippen LogP contribution < -0.4 is 11.3 Å². The van der Waals surface area contributed by atoms with E-state index in [1.807, 2.05) is 0 Å². The molecule has 0 atom stereocenters. The fourth-order valence-electron chi connectivity index (χ4n) is 0.961. The summed E-state index contributed by atoms with van der Waals surface area (Å²) in [5, 5.41) is 0. The molecule has 11 heavy (non-hydrogen) atoms. The van der Waals surface area contributed by atoms with Gasteiger partial charge in [0.05, 0.1) is 4.99 Å². The summed E-state index contributed by atoms with van der Waals surface area (Å²) in [4.78, 5) is 0.779. The number of nitrogens with one attached hydrogen (secondary N) is 1. The van der Waals surface area contributed by atoms with Gasteiger partial charge in [0.2, 0.25) is 0 Å². The SMILES string of the molecule is CCCCCCCC(=S)NN. The Hall–Kier alpha value is -0.150. The number of unbranched alkanes of at least 4 members (excludes halogenated alkanes) is 4. The molecule has 0 aromatic heterocycles. The maximum atomic E-state index is 5.12. The summed E-state index contributed by atoms with van der Waals surface area (Å²) < 4.78 is 0. The molecule has 0 unspecified atom stereocenters. The molecule has 0 aromatic carbocycles. The van der Waals surface area contributed by atoms with Crippen molar-refractivity contribution < 1.29 is 0 Å². The van der Waals surface area contributed by atoms with Crippen LogP contribution >= 0.6 is 12.2 Å². The van der Waals surface area contributed by atoms with Crippen LogP contribution in [0.4, 0.5) is 0 Å². The Morgan fingerprint density at radius 1 is 1.27 bits per heavy atom. The van der Waals surface area contributed by atoms with Crippen LogP contribution in [-0.4, -0.2) is 4.99 Å². The molecule has 0 radical (unpaired) electrons. The van der Waals surface area contributed by atoms with Crippen molar-refractivity contribution in [2.45, 2.75) is 45.4 Å². The number of hydrogen-bond donors (Lipinski definition) is 2. The molecule has 0 saturated heterocycles. The van der Waals surface area contributed by atoms with Gasteiger partial charge in [-0.3, -0.25) is 5.84 Å². The lowest BCUT2D eigenvalue weighted by atomic mass is 10.1. The van der Waals surface area contributed by atoms with Gasteiger partial charge in [-0.05, 0) is 12.8 Å². The molecule has 0 aliphatic heterocycles. The van der Waals surface area contributed by atoms with Gasteiger partial charge in [-0.1, -0.05) is 44.8 Å². The Morgan fingerprint density at radius 3 is 2.45 bits per heavy atom. The van der Waals surface area contributed by atoms with Gasteiger partial charge in [0.15, 0.2) is 0 Å². The van der Waals surface area contributed by atoms with E-state index in [1.165, 1.54) is 32.1 Å². The molecule has 66 valence electrons. The Morgan fingerprint density at radius 2 is 1.91 bits per heavy atom. The Bertz CT molecular complexity index is 104. The first-order valence-electron chi connectivity index (χ1n) is 4.30. The highest BCUT2D eigenvalue weighted by Gasteiger charge is 1.92. The van der Waals surface area contributed by atoms with Crippen molar-refractivity contribution in [3.63, 3.8) is 0 Å². The lowest BCUT2D eigenvalue weighted by Gasteiger charge is -2.01. The van der Waals surface area contributed by atoms with Crippen LogP contribution in [0.3, 0.4) is 0 Å². The predicted molar refractivity (Wildman–Crippen MR) is 53.3 cm³/mol. The van der Waals surface area contributed by atoms with Crippen LogP contribution in [0.5, 0.6) is 0 Å². The van der Waals surface area contributed by atoms with Crippen LogP contribution in [0, 0.1) is 0 Å². The topological polar surface area (TPSA) is 38.0 Å². The number of thiocarbonyl (C=S) groups is 1. The van der Waals surface area contributed by atoms with E-state index < -0.39 is 0 Å². The molecule has 0 bridgehead atoms. The average Bonchev–Trinajstić information content (AvgIpc) is 2.04. The average molecular weight is 174 g/mol. The van der Waals surface area contributed by atoms with Crippen molar-refractivity contribution in [1.82, 2.24) is 5.43 Å². The first-order chi connectivity index (χ1) is 5.31. The van der Waals surface area contributed by atoms with E-state index in [2.05, 4.69) is 12.3 Å². The molecule has 0 amide bonds. The highest BCUT2D eigenvalue weighted by Crippen LogP contribution is 2.04. The third-order valence-corrected chi connectivity index (χ3v) is 1.99. The summed E-state index contributed by atoms with van der Waals surface area (Å²) in [5.41, 5.74) is 2.49. The number of nitrogens with two attached hydrogens (primary N) is 1. The van der Waals surface area contributed by atoms with E-state index in [-0.39, 0.29) is 0 Å². The summed E-state index contributed by atoms with van der Waals surface area (Å²) in [6.45, 7) is 2.21. The second-order valence-corrected chi connectivity index (χ2v) is 3.22. The van der Waals surface area contributed by atoms with Crippen LogP contribution in [0.15, 0.2) is 0 Å². The Kier molecular flexibility index (Phi) is 7.84. The minimum Gasteiger partial charge on any atom is -0.318 e. The van der Waals surface area contributed by atoms with E-state index in [0.717, 1.165) is 11.4 Å². The van der Waals surface area contributed by atoms with Crippen molar-refractivity contribution in [2.75, 3.05) is 0 Å². The maximum absolute atomic E-state index is 5.12. The second-order valence-electron chi connectivity index (χ2n) is 2.73. The molecular weight excluding hydrogens is 156 g/mol. The van der Waals surface area contributed by atoms with Gasteiger partial charge in [0.1, 0.15) is 0 Å². The molecule has 2 nitrogen and oxygen atoms in total. The molecule has 0 aliphatic carbocycles. The minimum atomic E-state index is 0.779. The summed E-state index contributed by atoms with van der Waals surface area (Å²) in [5.74, 6) is 5.12. The zero-order chi connectivity index (χ0) is 8.53. The van der Waals surface area contributed by atoms with Gasteiger partial charge >= 0.3 is 0 Å². The minimum absolute atomic E-state index is 0.779. The van der Waals surface area contributed by atoms with Crippen molar-refractivity contribution in [3.8, 4) is 0 Å². The summed E-state index contributed by atoms with van der Waals surface area (Å²) >= 11 is 4.90. The quantitative estimate of drug-likeness (QED) is 0.280. The van der Waals surface area contributed by atoms with Gasteiger partial charge in [-0.15, -0.1) is 0 Å². The molecule has 0 saturated carbocycles. The third kappa shape index (κ3) is 7.75. The first-order valence-corrected chi connectivity index (χ1v) is 4.71. The third-order valence-electron chi connectivity index (χ3n) is 1.67. The smallest absolute Gasteiger partial charge is 0.0893 e. The summed E-state index contributed by atoms with van der Waals surface area (Å²) in [6, 6.07) is 0. The van der Waals surface area contributed by atoms with Crippen molar-refractivity contribution in [2.24, 2.45) is 5.84 Å². The van der Waals surface area contributed by atoms with Crippen molar-refractivity contribution in [3.05, 3.63) is 0 Å². The molecule has 0 spiro atoms. The molecule has 3 heteroatoms. The maximum Gasteiger partial charge on any atom is 0.0893 e. The van der Waals surface area contributed by atoms with Crippen molar-refractivity contribution >= 4 is 17.2 Å². The molecule has 0 rings (SSSR count). The zero-order valence-corrected chi connectivity index (χ0v) is 8.04. The largest absolute Gasteiger partial charge is 0.318 e. The van der Waals surface area contributed by atoms with Crippen LogP contribution in [-0.2, 0) is 0 Å². The van der Waals surface area contributed by atoms with E-state index in [0.29, 0.717) is 0 Å².